The number of hydrogen-bond acceptors (Lipinski definition) is 4. The number of carbonyl (C=O) groups excluding carboxylic acids is 1. The number of hydrogen-bond donors (Lipinski definition) is 2. The molecule has 1 amide bonds. The van der Waals surface area contributed by atoms with E-state index in [1.165, 1.54) is 0 Å². The molecule has 2 aliphatic rings. The van der Waals surface area contributed by atoms with Crippen LogP contribution in [0.4, 0.5) is 5.69 Å². The average Bonchev–Trinajstić information content (AvgIpc) is 3.16. The number of anilines is 1. The van der Waals surface area contributed by atoms with Crippen LogP contribution in [0, 0.1) is 0 Å². The van der Waals surface area contributed by atoms with Crippen molar-refractivity contribution in [1.29, 1.82) is 0 Å². The Hall–Kier alpha value is -2.76. The first kappa shape index (κ1) is 14.8. The van der Waals surface area contributed by atoms with Gasteiger partial charge in [0.1, 0.15) is 0 Å². The van der Waals surface area contributed by atoms with Gasteiger partial charge in [0, 0.05) is 28.1 Å². The summed E-state index contributed by atoms with van der Waals surface area (Å²) in [5, 5.41) is 18.4. The second-order valence-electron chi connectivity index (χ2n) is 6.25. The third-order valence-corrected chi connectivity index (χ3v) is 4.68. The molecule has 1 atom stereocenters. The fourth-order valence-electron chi connectivity index (χ4n) is 3.43. The lowest BCUT2D eigenvalue weighted by Crippen LogP contribution is -2.08. The van der Waals surface area contributed by atoms with Gasteiger partial charge in [0.25, 0.3) is 0 Å². The van der Waals surface area contributed by atoms with Crippen LogP contribution < -0.4 is 5.32 Å². The third kappa shape index (κ3) is 2.54. The molecule has 2 heterocycles. The molecule has 0 saturated carbocycles. The Balaban J connectivity index is 1.55. The molecule has 0 spiro atoms. The number of aromatic nitrogens is 2. The van der Waals surface area contributed by atoms with Crippen molar-refractivity contribution in [3.8, 4) is 0 Å². The zero-order valence-corrected chi connectivity index (χ0v) is 13.5. The highest BCUT2D eigenvalue weighted by Gasteiger charge is 2.23. The number of fused-ring (bicyclic) bond motifs is 2. The molecule has 1 aliphatic carbocycles. The van der Waals surface area contributed by atoms with Crippen LogP contribution in [0.2, 0.25) is 0 Å². The van der Waals surface area contributed by atoms with Gasteiger partial charge in [-0.15, -0.1) is 5.11 Å². The lowest BCUT2D eigenvalue weighted by atomic mass is 9.96. The van der Waals surface area contributed by atoms with Crippen LogP contribution in [0.3, 0.4) is 0 Å². The van der Waals surface area contributed by atoms with Gasteiger partial charge in [-0.05, 0) is 38.7 Å². The molecule has 1 aromatic carbocycles. The third-order valence-electron chi connectivity index (χ3n) is 4.68. The van der Waals surface area contributed by atoms with Crippen LogP contribution in [0.25, 0.3) is 5.57 Å². The Morgan fingerprint density at radius 2 is 2.12 bits per heavy atom. The Bertz CT molecular complexity index is 849. The van der Waals surface area contributed by atoms with Crippen molar-refractivity contribution in [2.45, 2.75) is 38.6 Å². The van der Waals surface area contributed by atoms with Crippen molar-refractivity contribution in [3.05, 3.63) is 53.0 Å². The first-order valence-corrected chi connectivity index (χ1v) is 8.31. The summed E-state index contributed by atoms with van der Waals surface area (Å²) in [6.45, 7) is 2.06. The molecule has 0 saturated heterocycles. The first-order chi connectivity index (χ1) is 11.7. The first-order valence-electron chi connectivity index (χ1n) is 8.31. The molecule has 0 fully saturated rings. The van der Waals surface area contributed by atoms with Crippen molar-refractivity contribution >= 4 is 17.2 Å². The fraction of sp³-hybridized carbons (Fsp3) is 0.333. The van der Waals surface area contributed by atoms with Gasteiger partial charge in [-0.3, -0.25) is 9.89 Å². The number of benzene rings is 1. The minimum atomic E-state index is -0.377. The van der Waals surface area contributed by atoms with E-state index in [1.807, 2.05) is 24.3 Å². The van der Waals surface area contributed by atoms with E-state index in [-0.39, 0.29) is 11.9 Å². The fourth-order valence-corrected chi connectivity index (χ4v) is 3.43. The van der Waals surface area contributed by atoms with Crippen LogP contribution in [0.1, 0.15) is 47.1 Å². The lowest BCUT2D eigenvalue weighted by Gasteiger charge is -2.09. The van der Waals surface area contributed by atoms with E-state index < -0.39 is 0 Å². The van der Waals surface area contributed by atoms with Gasteiger partial charge in [-0.2, -0.15) is 10.2 Å². The number of nitrogens with one attached hydrogen (secondary N) is 2. The molecular weight excluding hydrogens is 302 g/mol. The maximum Gasteiger partial charge on any atom is 0.316 e. The zero-order chi connectivity index (χ0) is 16.5. The second-order valence-corrected chi connectivity index (χ2v) is 6.25. The summed E-state index contributed by atoms with van der Waals surface area (Å²) in [7, 11) is 0. The van der Waals surface area contributed by atoms with Crippen molar-refractivity contribution in [2.75, 3.05) is 5.32 Å². The van der Waals surface area contributed by atoms with Crippen LogP contribution in [0.5, 0.6) is 0 Å². The molecule has 6 nitrogen and oxygen atoms in total. The van der Waals surface area contributed by atoms with Gasteiger partial charge in [0.05, 0.1) is 12.2 Å². The standard InChI is InChI=1S/C18H19N5O/c1-11-14(12-6-2-4-8-15(12)20-11)10-19-23-18(24)17-13-7-3-5-9-16(13)21-22-17/h2,4,6,8,10-11,20H,3,5,7,9H2,1H3,(H,21,22)/b14-10+,23-19?. The Morgan fingerprint density at radius 3 is 3.04 bits per heavy atom. The van der Waals surface area contributed by atoms with Gasteiger partial charge >= 0.3 is 5.91 Å². The summed E-state index contributed by atoms with van der Waals surface area (Å²) < 4.78 is 0. The number of H-pyrrole nitrogens is 1. The van der Waals surface area contributed by atoms with Crippen molar-refractivity contribution in [2.24, 2.45) is 10.2 Å². The summed E-state index contributed by atoms with van der Waals surface area (Å²) in [5.41, 5.74) is 5.73. The van der Waals surface area contributed by atoms with Gasteiger partial charge in [-0.25, -0.2) is 0 Å². The molecule has 2 aromatic rings. The highest BCUT2D eigenvalue weighted by atomic mass is 16.2. The SMILES string of the molecule is CC1Nc2ccccc2/C1=C/N=NC(=O)c1n[nH]c2c1CCCC2. The number of nitrogens with zero attached hydrogens (tertiary/aromatic N) is 3. The molecule has 4 rings (SSSR count). The molecular formula is C18H19N5O. The van der Waals surface area contributed by atoms with Crippen LogP contribution in [-0.2, 0) is 12.8 Å². The summed E-state index contributed by atoms with van der Waals surface area (Å²) >= 11 is 0. The van der Waals surface area contributed by atoms with Crippen LogP contribution in [0.15, 0.2) is 40.7 Å². The second kappa shape index (κ2) is 6.03. The number of para-hydroxylation sites is 1. The van der Waals surface area contributed by atoms with Crippen LogP contribution >= 0.6 is 0 Å². The van der Waals surface area contributed by atoms with Crippen molar-refractivity contribution < 1.29 is 4.79 Å². The molecule has 1 aromatic heterocycles. The summed E-state index contributed by atoms with van der Waals surface area (Å²) in [6, 6.07) is 8.21. The van der Waals surface area contributed by atoms with Gasteiger partial charge in [0.15, 0.2) is 5.69 Å². The maximum absolute atomic E-state index is 12.3. The minimum absolute atomic E-state index is 0.148. The molecule has 6 heteroatoms. The largest absolute Gasteiger partial charge is 0.378 e. The van der Waals surface area contributed by atoms with Crippen molar-refractivity contribution in [3.63, 3.8) is 0 Å². The Morgan fingerprint density at radius 1 is 1.29 bits per heavy atom. The van der Waals surface area contributed by atoms with Crippen molar-refractivity contribution in [1.82, 2.24) is 10.2 Å². The summed E-state index contributed by atoms with van der Waals surface area (Å²) in [6.07, 6.45) is 5.74. The molecule has 0 radical (unpaired) electrons. The highest BCUT2D eigenvalue weighted by Crippen LogP contribution is 2.34. The molecule has 0 bridgehead atoms. The van der Waals surface area contributed by atoms with Crippen LogP contribution in [-0.4, -0.2) is 22.1 Å². The van der Waals surface area contributed by atoms with Gasteiger partial charge in [-0.1, -0.05) is 18.2 Å². The predicted octanol–water partition coefficient (Wildman–Crippen LogP) is 3.74. The molecule has 24 heavy (non-hydrogen) atoms. The van der Waals surface area contributed by atoms with E-state index in [0.29, 0.717) is 5.69 Å². The predicted molar refractivity (Wildman–Crippen MR) is 91.9 cm³/mol. The van der Waals surface area contributed by atoms with E-state index in [0.717, 1.165) is 53.8 Å². The summed E-state index contributed by atoms with van der Waals surface area (Å²) in [4.78, 5) is 12.3. The molecule has 2 N–H and O–H groups in total. The van der Waals surface area contributed by atoms with Gasteiger partial charge < -0.3 is 5.32 Å². The minimum Gasteiger partial charge on any atom is -0.378 e. The van der Waals surface area contributed by atoms with E-state index in [2.05, 4.69) is 32.7 Å². The zero-order valence-electron chi connectivity index (χ0n) is 13.5. The Labute approximate surface area is 140 Å². The number of aryl methyl sites for hydroxylation is 1. The number of amides is 1. The van der Waals surface area contributed by atoms with E-state index >= 15 is 0 Å². The number of azo groups is 1. The monoisotopic (exact) mass is 321 g/mol. The molecule has 1 aliphatic heterocycles. The average molecular weight is 321 g/mol. The van der Waals surface area contributed by atoms with E-state index in [1.54, 1.807) is 6.20 Å². The quantitative estimate of drug-likeness (QED) is 0.827. The Kier molecular flexibility index (Phi) is 3.72. The lowest BCUT2D eigenvalue weighted by molar-refractivity contribution is 0.0989. The number of carbonyl (C=O) groups is 1. The topological polar surface area (TPSA) is 82.5 Å². The molecule has 1 unspecified atom stereocenters. The number of aromatic amines is 1. The molecule has 122 valence electrons. The number of rotatable bonds is 2. The smallest absolute Gasteiger partial charge is 0.316 e. The normalized spacial score (nSPS) is 20.9. The highest BCUT2D eigenvalue weighted by molar-refractivity contribution is 5.94. The maximum atomic E-state index is 12.3. The van der Waals surface area contributed by atoms with E-state index in [9.17, 15) is 4.79 Å². The van der Waals surface area contributed by atoms with E-state index in [4.69, 9.17) is 0 Å². The summed E-state index contributed by atoms with van der Waals surface area (Å²) in [5.74, 6) is -0.377. The van der Waals surface area contributed by atoms with Gasteiger partial charge in [0.2, 0.25) is 0 Å².